The van der Waals surface area contributed by atoms with E-state index in [1.54, 1.807) is 22.8 Å². The molecule has 0 saturated carbocycles. The summed E-state index contributed by atoms with van der Waals surface area (Å²) >= 11 is 7.41. The highest BCUT2D eigenvalue weighted by Gasteiger charge is 2.21. The van der Waals surface area contributed by atoms with Gasteiger partial charge in [-0.3, -0.25) is 14.2 Å². The Morgan fingerprint density at radius 1 is 1.22 bits per heavy atom. The van der Waals surface area contributed by atoms with E-state index in [9.17, 15) is 9.59 Å². The van der Waals surface area contributed by atoms with E-state index in [0.29, 0.717) is 21.1 Å². The first-order valence-electron chi connectivity index (χ1n) is 10.9. The smallest absolute Gasteiger partial charge is 0.266 e. The number of hydrogen-bond donors (Lipinski definition) is 1. The first kappa shape index (κ1) is 22.8. The van der Waals surface area contributed by atoms with Crippen LogP contribution in [-0.4, -0.2) is 51.8 Å². The Morgan fingerprint density at radius 2 is 2.00 bits per heavy atom. The number of halogens is 1. The molecule has 0 spiro atoms. The van der Waals surface area contributed by atoms with Crippen molar-refractivity contribution in [3.8, 4) is 5.69 Å². The number of carbonyl (C=O) groups is 1. The molecule has 0 bridgehead atoms. The highest BCUT2D eigenvalue weighted by Crippen LogP contribution is 2.23. The van der Waals surface area contributed by atoms with E-state index in [1.165, 1.54) is 11.8 Å². The molecule has 8 heteroatoms. The third-order valence-corrected chi connectivity index (χ3v) is 6.97. The molecular weight excluding hydrogens is 444 g/mol. The number of amides is 1. The summed E-state index contributed by atoms with van der Waals surface area (Å²) in [4.78, 5) is 33.1. The predicted octanol–water partition coefficient (Wildman–Crippen LogP) is 4.04. The maximum absolute atomic E-state index is 13.4. The molecule has 0 radical (unpaired) electrons. The van der Waals surface area contributed by atoms with E-state index >= 15 is 0 Å². The summed E-state index contributed by atoms with van der Waals surface area (Å²) in [5, 5.41) is 4.63. The van der Waals surface area contributed by atoms with Crippen LogP contribution in [0.3, 0.4) is 0 Å². The van der Waals surface area contributed by atoms with Gasteiger partial charge in [0.1, 0.15) is 0 Å². The lowest BCUT2D eigenvalue weighted by Crippen LogP contribution is -2.45. The van der Waals surface area contributed by atoms with Crippen molar-refractivity contribution in [2.75, 3.05) is 25.4 Å². The zero-order valence-corrected chi connectivity index (χ0v) is 19.9. The molecule has 168 valence electrons. The second-order valence-corrected chi connectivity index (χ2v) is 9.48. The fraction of sp³-hybridized carbons (Fsp3) is 0.375. The minimum Gasteiger partial charge on any atom is -0.353 e. The molecule has 0 unspecified atom stereocenters. The van der Waals surface area contributed by atoms with Crippen molar-refractivity contribution in [3.05, 3.63) is 63.4 Å². The van der Waals surface area contributed by atoms with E-state index < -0.39 is 0 Å². The number of piperidine rings is 1. The van der Waals surface area contributed by atoms with Gasteiger partial charge >= 0.3 is 0 Å². The van der Waals surface area contributed by atoms with Crippen LogP contribution in [-0.2, 0) is 4.79 Å². The topological polar surface area (TPSA) is 67.2 Å². The molecule has 4 rings (SSSR count). The highest BCUT2D eigenvalue weighted by atomic mass is 35.5. The second-order valence-electron chi connectivity index (χ2n) is 8.10. The van der Waals surface area contributed by atoms with Crippen molar-refractivity contribution in [1.82, 2.24) is 19.8 Å². The van der Waals surface area contributed by atoms with Gasteiger partial charge in [-0.25, -0.2) is 4.98 Å². The van der Waals surface area contributed by atoms with Crippen molar-refractivity contribution < 1.29 is 4.79 Å². The molecule has 1 aliphatic heterocycles. The third kappa shape index (κ3) is 5.17. The molecule has 1 N–H and O–H groups in total. The van der Waals surface area contributed by atoms with E-state index in [0.717, 1.165) is 43.7 Å². The Kier molecular flexibility index (Phi) is 7.18. The number of thioether (sulfide) groups is 1. The summed E-state index contributed by atoms with van der Waals surface area (Å²) in [7, 11) is 0. The fourth-order valence-corrected chi connectivity index (χ4v) is 5.01. The summed E-state index contributed by atoms with van der Waals surface area (Å²) in [6.07, 6.45) is 1.93. The maximum atomic E-state index is 13.4. The molecule has 0 aliphatic carbocycles. The van der Waals surface area contributed by atoms with Crippen molar-refractivity contribution in [2.24, 2.45) is 0 Å². The predicted molar refractivity (Wildman–Crippen MR) is 131 cm³/mol. The molecule has 32 heavy (non-hydrogen) atoms. The van der Waals surface area contributed by atoms with Crippen LogP contribution in [0.15, 0.2) is 52.4 Å². The minimum absolute atomic E-state index is 0.0406. The number of likely N-dealkylation sites (tertiary alicyclic amines) is 1. The summed E-state index contributed by atoms with van der Waals surface area (Å²) in [5.74, 6) is 0.152. The lowest BCUT2D eigenvalue weighted by atomic mass is 10.1. The fourth-order valence-electron chi connectivity index (χ4n) is 4.02. The number of carbonyl (C=O) groups excluding carboxylic acids is 1. The molecule has 6 nitrogen and oxygen atoms in total. The van der Waals surface area contributed by atoms with E-state index in [4.69, 9.17) is 16.6 Å². The average Bonchev–Trinajstić information content (AvgIpc) is 2.78. The van der Waals surface area contributed by atoms with Crippen molar-refractivity contribution in [1.29, 1.82) is 0 Å². The monoisotopic (exact) mass is 470 g/mol. The van der Waals surface area contributed by atoms with Gasteiger partial charge in [-0.1, -0.05) is 42.4 Å². The van der Waals surface area contributed by atoms with Gasteiger partial charge in [0.2, 0.25) is 5.91 Å². The van der Waals surface area contributed by atoms with Crippen LogP contribution in [0, 0.1) is 6.92 Å². The van der Waals surface area contributed by atoms with Crippen LogP contribution < -0.4 is 10.9 Å². The quantitative estimate of drug-likeness (QED) is 0.435. The number of nitrogens with one attached hydrogen (secondary N) is 1. The number of rotatable bonds is 6. The average molecular weight is 471 g/mol. The lowest BCUT2D eigenvalue weighted by Gasteiger charge is -2.31. The van der Waals surface area contributed by atoms with Gasteiger partial charge < -0.3 is 10.2 Å². The van der Waals surface area contributed by atoms with E-state index in [2.05, 4.69) is 17.1 Å². The molecule has 3 aromatic rings. The number of nitrogens with zero attached hydrogens (tertiary/aromatic N) is 3. The van der Waals surface area contributed by atoms with Crippen LogP contribution in [0.25, 0.3) is 16.6 Å². The number of aryl methyl sites for hydroxylation is 1. The van der Waals surface area contributed by atoms with E-state index in [-0.39, 0.29) is 23.3 Å². The van der Waals surface area contributed by atoms with Gasteiger partial charge in [-0.15, -0.1) is 0 Å². The molecule has 1 amide bonds. The molecule has 1 aromatic heterocycles. The van der Waals surface area contributed by atoms with Gasteiger partial charge in [0.15, 0.2) is 5.16 Å². The van der Waals surface area contributed by atoms with Crippen molar-refractivity contribution >= 4 is 40.2 Å². The van der Waals surface area contributed by atoms with Crippen molar-refractivity contribution in [2.45, 2.75) is 37.9 Å². The second kappa shape index (κ2) is 10.1. The summed E-state index contributed by atoms with van der Waals surface area (Å²) in [5.41, 5.74) is 2.13. The third-order valence-electron chi connectivity index (χ3n) is 5.79. The SMILES string of the molecule is CCN1CCC(NC(=O)CSc2nc3cc(Cl)ccc3c(=O)n2-c2cccc(C)c2)CC1. The molecular formula is C24H27ClN4O2S. The van der Waals surface area contributed by atoms with Gasteiger partial charge in [-0.05, 0) is 62.2 Å². The highest BCUT2D eigenvalue weighted by molar-refractivity contribution is 7.99. The number of benzene rings is 2. The minimum atomic E-state index is -0.174. The normalized spacial score (nSPS) is 15.2. The van der Waals surface area contributed by atoms with Gasteiger partial charge in [-0.2, -0.15) is 0 Å². The molecule has 1 fully saturated rings. The standard InChI is InChI=1S/C24H27ClN4O2S/c1-3-28-11-9-18(10-12-28)26-22(30)15-32-24-27-21-14-17(25)7-8-20(21)23(31)29(24)19-6-4-5-16(2)13-19/h4-8,13-14,18H,3,9-12,15H2,1-2H3,(H,26,30). The molecule has 0 atom stereocenters. The number of fused-ring (bicyclic) bond motifs is 1. The van der Waals surface area contributed by atoms with Gasteiger partial charge in [0, 0.05) is 24.2 Å². The van der Waals surface area contributed by atoms with Crippen LogP contribution >= 0.6 is 23.4 Å². The number of hydrogen-bond acceptors (Lipinski definition) is 5. The Hall–Kier alpha value is -2.35. The molecule has 1 aliphatic rings. The Labute approximate surface area is 197 Å². The van der Waals surface area contributed by atoms with Crippen molar-refractivity contribution in [3.63, 3.8) is 0 Å². The first-order chi connectivity index (χ1) is 15.4. The molecule has 2 aromatic carbocycles. The Morgan fingerprint density at radius 3 is 2.72 bits per heavy atom. The van der Waals surface area contributed by atoms with Crippen LogP contribution in [0.4, 0.5) is 0 Å². The number of aromatic nitrogens is 2. The zero-order valence-electron chi connectivity index (χ0n) is 18.3. The van der Waals surface area contributed by atoms with Crippen LogP contribution in [0.1, 0.15) is 25.3 Å². The van der Waals surface area contributed by atoms with Gasteiger partial charge in [0.25, 0.3) is 5.56 Å². The maximum Gasteiger partial charge on any atom is 0.266 e. The molecule has 2 heterocycles. The van der Waals surface area contributed by atoms with Gasteiger partial charge in [0.05, 0.1) is 22.3 Å². The summed E-state index contributed by atoms with van der Waals surface area (Å²) in [6.45, 7) is 7.20. The lowest BCUT2D eigenvalue weighted by molar-refractivity contribution is -0.119. The zero-order chi connectivity index (χ0) is 22.7. The Balaban J connectivity index is 1.59. The summed E-state index contributed by atoms with van der Waals surface area (Å²) < 4.78 is 1.58. The van der Waals surface area contributed by atoms with Crippen LogP contribution in [0.5, 0.6) is 0 Å². The largest absolute Gasteiger partial charge is 0.353 e. The van der Waals surface area contributed by atoms with E-state index in [1.807, 2.05) is 31.2 Å². The van der Waals surface area contributed by atoms with Crippen LogP contribution in [0.2, 0.25) is 5.02 Å². The Bertz CT molecular complexity index is 1190. The molecule has 1 saturated heterocycles. The summed E-state index contributed by atoms with van der Waals surface area (Å²) in [6, 6.07) is 13.0. The first-order valence-corrected chi connectivity index (χ1v) is 12.2.